The number of thioether (sulfide) groups is 1. The van der Waals surface area contributed by atoms with Gasteiger partial charge in [-0.15, -0.1) is 0 Å². The van der Waals surface area contributed by atoms with E-state index in [0.717, 1.165) is 22.6 Å². The Morgan fingerprint density at radius 3 is 2.68 bits per heavy atom. The number of carbonyl (C=O) groups is 1. The molecule has 0 N–H and O–H groups in total. The Kier molecular flexibility index (Phi) is 2.49. The molecule has 0 aromatic heterocycles. The Morgan fingerprint density at radius 2 is 2.00 bits per heavy atom. The minimum absolute atomic E-state index is 0.0729. The van der Waals surface area contributed by atoms with Crippen LogP contribution in [0.4, 0.5) is 0 Å². The zero-order valence-corrected chi connectivity index (χ0v) is 11.5. The lowest BCUT2D eigenvalue weighted by molar-refractivity contribution is -0.124. The third kappa shape index (κ3) is 1.66. The van der Waals surface area contributed by atoms with Crippen LogP contribution in [0.5, 0.6) is 0 Å². The molecule has 1 saturated carbocycles. The van der Waals surface area contributed by atoms with Gasteiger partial charge in [-0.05, 0) is 43.2 Å². The predicted octanol–water partition coefficient (Wildman–Crippen LogP) is 4.22. The van der Waals surface area contributed by atoms with Crippen LogP contribution in [0.1, 0.15) is 19.3 Å². The quantitative estimate of drug-likeness (QED) is 0.747. The van der Waals surface area contributed by atoms with E-state index in [2.05, 4.69) is 30.4 Å². The molecule has 0 radical (unpaired) electrons. The molecule has 3 atom stereocenters. The summed E-state index contributed by atoms with van der Waals surface area (Å²) in [6.45, 7) is 0. The lowest BCUT2D eigenvalue weighted by Gasteiger charge is -2.29. The Labute approximate surface area is 117 Å². The second-order valence-electron chi connectivity index (χ2n) is 5.86. The predicted molar refractivity (Wildman–Crippen MR) is 77.8 cm³/mol. The van der Waals surface area contributed by atoms with Crippen molar-refractivity contribution in [1.29, 1.82) is 0 Å². The van der Waals surface area contributed by atoms with Gasteiger partial charge in [-0.25, -0.2) is 0 Å². The van der Waals surface area contributed by atoms with E-state index >= 15 is 0 Å². The van der Waals surface area contributed by atoms with E-state index in [1.54, 1.807) is 11.8 Å². The van der Waals surface area contributed by atoms with Crippen LogP contribution in [-0.2, 0) is 4.79 Å². The summed E-state index contributed by atoms with van der Waals surface area (Å²) >= 11 is 1.63. The third-order valence-corrected chi connectivity index (χ3v) is 5.89. The lowest BCUT2D eigenvalue weighted by Crippen LogP contribution is -2.31. The van der Waals surface area contributed by atoms with Crippen LogP contribution in [0.15, 0.2) is 58.4 Å². The van der Waals surface area contributed by atoms with E-state index in [-0.39, 0.29) is 5.41 Å². The molecule has 3 aliphatic carbocycles. The van der Waals surface area contributed by atoms with Crippen molar-refractivity contribution in [3.05, 3.63) is 53.5 Å². The number of hydrogen-bond donors (Lipinski definition) is 0. The van der Waals surface area contributed by atoms with E-state index < -0.39 is 0 Å². The third-order valence-electron chi connectivity index (χ3n) is 4.81. The fourth-order valence-electron chi connectivity index (χ4n) is 3.86. The average molecular weight is 268 g/mol. The highest BCUT2D eigenvalue weighted by atomic mass is 32.2. The number of rotatable bonds is 2. The molecule has 0 amide bonds. The summed E-state index contributed by atoms with van der Waals surface area (Å²) in [6, 6.07) is 10.2. The Balaban J connectivity index is 1.58. The van der Waals surface area contributed by atoms with Crippen LogP contribution >= 0.6 is 11.8 Å². The summed E-state index contributed by atoms with van der Waals surface area (Å²) in [7, 11) is 0. The van der Waals surface area contributed by atoms with Crippen LogP contribution in [0, 0.1) is 17.3 Å². The molecule has 1 aromatic rings. The highest BCUT2D eigenvalue weighted by molar-refractivity contribution is 8.04. The highest BCUT2D eigenvalue weighted by Gasteiger charge is 2.55. The molecule has 1 aromatic carbocycles. The van der Waals surface area contributed by atoms with E-state index in [1.165, 1.54) is 6.42 Å². The van der Waals surface area contributed by atoms with Crippen molar-refractivity contribution in [2.24, 2.45) is 17.3 Å². The first-order chi connectivity index (χ1) is 9.28. The maximum atomic E-state index is 12.8. The summed E-state index contributed by atoms with van der Waals surface area (Å²) < 4.78 is 0. The molecule has 1 nitrogen and oxygen atoms in total. The van der Waals surface area contributed by atoms with Crippen LogP contribution in [0.2, 0.25) is 0 Å². The molecule has 3 unspecified atom stereocenters. The molecular formula is C17H16OS. The normalized spacial score (nSPS) is 35.4. The first-order valence-corrected chi connectivity index (χ1v) is 7.76. The second kappa shape index (κ2) is 4.11. The summed E-state index contributed by atoms with van der Waals surface area (Å²) in [5.74, 6) is 1.55. The van der Waals surface area contributed by atoms with Crippen molar-refractivity contribution in [3.63, 3.8) is 0 Å². The molecule has 4 rings (SSSR count). The van der Waals surface area contributed by atoms with Gasteiger partial charge in [0.2, 0.25) is 0 Å². The van der Waals surface area contributed by atoms with Gasteiger partial charge in [-0.3, -0.25) is 4.79 Å². The highest BCUT2D eigenvalue weighted by Crippen LogP contribution is 2.59. The fourth-order valence-corrected chi connectivity index (χ4v) is 4.87. The molecule has 1 fully saturated rings. The van der Waals surface area contributed by atoms with Crippen LogP contribution in [0.3, 0.4) is 0 Å². The van der Waals surface area contributed by atoms with Gasteiger partial charge in [-0.2, -0.15) is 0 Å². The minimum atomic E-state index is -0.0729. The first kappa shape index (κ1) is 11.5. The largest absolute Gasteiger partial charge is 0.293 e. The maximum absolute atomic E-state index is 12.8. The van der Waals surface area contributed by atoms with E-state index in [4.69, 9.17) is 0 Å². The molecule has 1 spiro atoms. The fraction of sp³-hybridized carbons (Fsp3) is 0.353. The van der Waals surface area contributed by atoms with Gasteiger partial charge in [0.15, 0.2) is 5.78 Å². The van der Waals surface area contributed by atoms with Crippen LogP contribution in [-0.4, -0.2) is 5.78 Å². The zero-order chi connectivity index (χ0) is 12.9. The molecule has 96 valence electrons. The summed E-state index contributed by atoms with van der Waals surface area (Å²) in [5, 5.41) is 0. The smallest absolute Gasteiger partial charge is 0.176 e. The molecule has 0 aliphatic heterocycles. The Morgan fingerprint density at radius 1 is 1.16 bits per heavy atom. The molecule has 3 aliphatic rings. The number of Topliss-reactive ketones (excluding diaryl/α,β-unsaturated/α-hetero) is 1. The lowest BCUT2D eigenvalue weighted by atomic mass is 9.73. The van der Waals surface area contributed by atoms with Crippen molar-refractivity contribution >= 4 is 17.5 Å². The number of fused-ring (bicyclic) bond motifs is 3. The first-order valence-electron chi connectivity index (χ1n) is 6.94. The van der Waals surface area contributed by atoms with E-state index in [9.17, 15) is 4.79 Å². The summed E-state index contributed by atoms with van der Waals surface area (Å²) in [5.41, 5.74) is -0.0729. The average Bonchev–Trinajstić information content (AvgIpc) is 3.11. The van der Waals surface area contributed by atoms with Gasteiger partial charge >= 0.3 is 0 Å². The van der Waals surface area contributed by atoms with Gasteiger partial charge in [0, 0.05) is 10.3 Å². The number of benzene rings is 1. The van der Waals surface area contributed by atoms with E-state index in [1.807, 2.05) is 18.2 Å². The minimum Gasteiger partial charge on any atom is -0.293 e. The zero-order valence-electron chi connectivity index (χ0n) is 10.7. The number of ketones is 1. The summed E-state index contributed by atoms with van der Waals surface area (Å²) in [6.07, 6.45) is 9.99. The maximum Gasteiger partial charge on any atom is 0.176 e. The topological polar surface area (TPSA) is 17.1 Å². The molecule has 2 heteroatoms. The van der Waals surface area contributed by atoms with Gasteiger partial charge in [0.05, 0.1) is 4.91 Å². The Hall–Kier alpha value is -1.28. The number of carbonyl (C=O) groups excluding carboxylic acids is 1. The second-order valence-corrected chi connectivity index (χ2v) is 6.98. The van der Waals surface area contributed by atoms with E-state index in [0.29, 0.717) is 17.6 Å². The van der Waals surface area contributed by atoms with Crippen molar-refractivity contribution in [1.82, 2.24) is 0 Å². The van der Waals surface area contributed by atoms with Crippen molar-refractivity contribution in [3.8, 4) is 0 Å². The monoisotopic (exact) mass is 268 g/mol. The van der Waals surface area contributed by atoms with Crippen LogP contribution in [0.25, 0.3) is 0 Å². The molecule has 0 saturated heterocycles. The number of allylic oxidation sites excluding steroid dienone is 4. The van der Waals surface area contributed by atoms with Gasteiger partial charge in [0.25, 0.3) is 0 Å². The van der Waals surface area contributed by atoms with Crippen molar-refractivity contribution in [2.45, 2.75) is 24.2 Å². The van der Waals surface area contributed by atoms with Gasteiger partial charge in [-0.1, -0.05) is 48.2 Å². The molecular weight excluding hydrogens is 252 g/mol. The van der Waals surface area contributed by atoms with Gasteiger partial charge in [0.1, 0.15) is 0 Å². The Bertz CT molecular complexity index is 587. The van der Waals surface area contributed by atoms with Crippen molar-refractivity contribution < 1.29 is 4.79 Å². The van der Waals surface area contributed by atoms with Gasteiger partial charge < -0.3 is 0 Å². The SMILES string of the molecule is O=C1C(Sc2ccccc2)=CCC12CC1C=CC2C1. The summed E-state index contributed by atoms with van der Waals surface area (Å²) in [4.78, 5) is 14.9. The molecule has 2 bridgehead atoms. The van der Waals surface area contributed by atoms with Crippen molar-refractivity contribution in [2.75, 3.05) is 0 Å². The molecule has 19 heavy (non-hydrogen) atoms. The standard InChI is InChI=1S/C17H16OS/c18-16-15(19-14-4-2-1-3-5-14)8-9-17(16)11-12-6-7-13(17)10-12/h1-8,12-13H,9-11H2. The molecule has 0 heterocycles. The number of hydrogen-bond acceptors (Lipinski definition) is 2. The van der Waals surface area contributed by atoms with Crippen LogP contribution < -0.4 is 0 Å².